The lowest BCUT2D eigenvalue weighted by atomic mass is 9.89. The highest BCUT2D eigenvalue weighted by molar-refractivity contribution is 5.77. The zero-order chi connectivity index (χ0) is 16.1. The summed E-state index contributed by atoms with van der Waals surface area (Å²) >= 11 is 0. The number of rotatable bonds is 6. The van der Waals surface area contributed by atoms with E-state index >= 15 is 0 Å². The van der Waals surface area contributed by atoms with Crippen LogP contribution in [0, 0.1) is 6.92 Å². The highest BCUT2D eigenvalue weighted by atomic mass is 16.5. The Balaban J connectivity index is 2.32. The summed E-state index contributed by atoms with van der Waals surface area (Å²) in [5.74, 6) is 0.0222. The van der Waals surface area contributed by atoms with Gasteiger partial charge in [-0.1, -0.05) is 18.2 Å². The molecule has 116 valence electrons. The lowest BCUT2D eigenvalue weighted by molar-refractivity contribution is -0.138. The number of carboxylic acid groups (broad SMARTS) is 1. The van der Waals surface area contributed by atoms with Crippen molar-refractivity contribution >= 4 is 5.97 Å². The van der Waals surface area contributed by atoms with Crippen LogP contribution in [0.1, 0.15) is 22.6 Å². The summed E-state index contributed by atoms with van der Waals surface area (Å²) in [6.07, 6.45) is 0.416. The highest BCUT2D eigenvalue weighted by Gasteiger charge is 2.22. The van der Waals surface area contributed by atoms with E-state index in [9.17, 15) is 9.90 Å². The lowest BCUT2D eigenvalue weighted by Crippen LogP contribution is -2.15. The van der Waals surface area contributed by atoms with Gasteiger partial charge in [0.05, 0.1) is 20.1 Å². The molecule has 0 saturated heterocycles. The third-order valence-electron chi connectivity index (χ3n) is 3.72. The van der Waals surface area contributed by atoms with Gasteiger partial charge in [0.2, 0.25) is 0 Å². The molecule has 2 rings (SSSR count). The number of aryl methyl sites for hydroxylation is 1. The Bertz CT molecular complexity index is 664. The molecule has 0 saturated carbocycles. The van der Waals surface area contributed by atoms with Crippen LogP contribution in [0.15, 0.2) is 42.5 Å². The summed E-state index contributed by atoms with van der Waals surface area (Å²) in [5, 5.41) is 9.60. The summed E-state index contributed by atoms with van der Waals surface area (Å²) < 4.78 is 10.4. The van der Waals surface area contributed by atoms with Crippen molar-refractivity contribution in [1.82, 2.24) is 0 Å². The molecular weight excluding hydrogens is 280 g/mol. The van der Waals surface area contributed by atoms with Gasteiger partial charge in [0.1, 0.15) is 11.5 Å². The molecule has 4 heteroatoms. The summed E-state index contributed by atoms with van der Waals surface area (Å²) in [6, 6.07) is 13.0. The molecule has 1 unspecified atom stereocenters. The van der Waals surface area contributed by atoms with Crippen LogP contribution in [0.5, 0.6) is 11.5 Å². The second-order valence-corrected chi connectivity index (χ2v) is 5.17. The number of ether oxygens (including phenoxy) is 2. The molecule has 1 N–H and O–H groups in total. The molecule has 0 aliphatic carbocycles. The molecule has 2 aromatic rings. The van der Waals surface area contributed by atoms with Crippen molar-refractivity contribution < 1.29 is 19.4 Å². The van der Waals surface area contributed by atoms with Gasteiger partial charge in [-0.2, -0.15) is 0 Å². The van der Waals surface area contributed by atoms with Crippen molar-refractivity contribution in [2.45, 2.75) is 19.3 Å². The van der Waals surface area contributed by atoms with E-state index in [1.54, 1.807) is 20.3 Å². The number of hydrogen-bond acceptors (Lipinski definition) is 3. The first-order valence-corrected chi connectivity index (χ1v) is 7.05. The molecule has 0 radical (unpaired) electrons. The SMILES string of the molecule is COc1cccc(CC(C(=O)O)c2ccc(OC)cc2C)c1. The lowest BCUT2D eigenvalue weighted by Gasteiger charge is -2.16. The van der Waals surface area contributed by atoms with Crippen LogP contribution in [-0.2, 0) is 11.2 Å². The van der Waals surface area contributed by atoms with Crippen LogP contribution in [0.4, 0.5) is 0 Å². The Kier molecular flexibility index (Phi) is 5.04. The Labute approximate surface area is 130 Å². The Morgan fingerprint density at radius 2 is 1.77 bits per heavy atom. The van der Waals surface area contributed by atoms with E-state index in [1.165, 1.54) is 0 Å². The maximum atomic E-state index is 11.7. The molecule has 2 aromatic carbocycles. The smallest absolute Gasteiger partial charge is 0.311 e. The third kappa shape index (κ3) is 3.58. The van der Waals surface area contributed by atoms with Gasteiger partial charge in [-0.15, -0.1) is 0 Å². The minimum absolute atomic E-state index is 0.416. The maximum absolute atomic E-state index is 11.7. The minimum Gasteiger partial charge on any atom is -0.497 e. The van der Waals surface area contributed by atoms with E-state index in [0.717, 1.165) is 28.2 Å². The van der Waals surface area contributed by atoms with Gasteiger partial charge in [-0.25, -0.2) is 0 Å². The predicted molar refractivity (Wildman–Crippen MR) is 84.8 cm³/mol. The zero-order valence-electron chi connectivity index (χ0n) is 13.0. The largest absolute Gasteiger partial charge is 0.497 e. The predicted octanol–water partition coefficient (Wildman–Crippen LogP) is 3.42. The summed E-state index contributed by atoms with van der Waals surface area (Å²) in [5.41, 5.74) is 2.65. The topological polar surface area (TPSA) is 55.8 Å². The monoisotopic (exact) mass is 300 g/mol. The fourth-order valence-corrected chi connectivity index (χ4v) is 2.53. The van der Waals surface area contributed by atoms with E-state index < -0.39 is 11.9 Å². The van der Waals surface area contributed by atoms with Gasteiger partial charge in [0, 0.05) is 0 Å². The van der Waals surface area contributed by atoms with Crippen molar-refractivity contribution in [1.29, 1.82) is 0 Å². The molecule has 0 spiro atoms. The summed E-state index contributed by atoms with van der Waals surface area (Å²) in [7, 11) is 3.20. The van der Waals surface area contributed by atoms with E-state index in [0.29, 0.717) is 6.42 Å². The van der Waals surface area contributed by atoms with Gasteiger partial charge in [-0.3, -0.25) is 4.79 Å². The Morgan fingerprint density at radius 3 is 2.36 bits per heavy atom. The van der Waals surface area contributed by atoms with Crippen LogP contribution < -0.4 is 9.47 Å². The van der Waals surface area contributed by atoms with E-state index in [-0.39, 0.29) is 0 Å². The Morgan fingerprint density at radius 1 is 1.09 bits per heavy atom. The fraction of sp³-hybridized carbons (Fsp3) is 0.278. The number of benzene rings is 2. The minimum atomic E-state index is -0.837. The molecular formula is C18H20O4. The van der Waals surface area contributed by atoms with Crippen LogP contribution in [-0.4, -0.2) is 25.3 Å². The van der Waals surface area contributed by atoms with Crippen molar-refractivity contribution in [3.63, 3.8) is 0 Å². The molecule has 0 heterocycles. The molecule has 0 fully saturated rings. The maximum Gasteiger partial charge on any atom is 0.311 e. The number of hydrogen-bond donors (Lipinski definition) is 1. The summed E-state index contributed by atoms with van der Waals surface area (Å²) in [4.78, 5) is 11.7. The number of aliphatic carboxylic acids is 1. The van der Waals surface area contributed by atoms with Crippen LogP contribution >= 0.6 is 0 Å². The van der Waals surface area contributed by atoms with Gasteiger partial charge in [0.25, 0.3) is 0 Å². The van der Waals surface area contributed by atoms with Crippen molar-refractivity contribution in [3.05, 3.63) is 59.2 Å². The molecule has 0 aliphatic heterocycles. The number of methoxy groups -OCH3 is 2. The third-order valence-corrected chi connectivity index (χ3v) is 3.72. The normalized spacial score (nSPS) is 11.8. The fourth-order valence-electron chi connectivity index (χ4n) is 2.53. The van der Waals surface area contributed by atoms with Gasteiger partial charge < -0.3 is 14.6 Å². The van der Waals surface area contributed by atoms with Crippen LogP contribution in [0.3, 0.4) is 0 Å². The molecule has 0 bridgehead atoms. The molecule has 0 aliphatic rings. The quantitative estimate of drug-likeness (QED) is 0.888. The molecule has 0 aromatic heterocycles. The molecule has 1 atom stereocenters. The first-order chi connectivity index (χ1) is 10.5. The van der Waals surface area contributed by atoms with Gasteiger partial charge in [0.15, 0.2) is 0 Å². The number of carboxylic acids is 1. The Hall–Kier alpha value is -2.49. The first kappa shape index (κ1) is 15.9. The van der Waals surface area contributed by atoms with E-state index in [2.05, 4.69) is 0 Å². The van der Waals surface area contributed by atoms with E-state index in [1.807, 2.05) is 43.3 Å². The standard InChI is InChI=1S/C18H20O4/c1-12-9-15(22-3)7-8-16(12)17(18(19)20)11-13-5-4-6-14(10-13)21-2/h4-10,17H,11H2,1-3H3,(H,19,20). The molecule has 0 amide bonds. The van der Waals surface area contributed by atoms with Crippen LogP contribution in [0.2, 0.25) is 0 Å². The second kappa shape index (κ2) is 6.98. The summed E-state index contributed by atoms with van der Waals surface area (Å²) in [6.45, 7) is 1.90. The van der Waals surface area contributed by atoms with Gasteiger partial charge >= 0.3 is 5.97 Å². The number of carbonyl (C=O) groups is 1. The molecule has 4 nitrogen and oxygen atoms in total. The van der Waals surface area contributed by atoms with E-state index in [4.69, 9.17) is 9.47 Å². The molecule has 22 heavy (non-hydrogen) atoms. The van der Waals surface area contributed by atoms with Gasteiger partial charge in [-0.05, 0) is 54.3 Å². The van der Waals surface area contributed by atoms with Crippen molar-refractivity contribution in [2.75, 3.05) is 14.2 Å². The first-order valence-electron chi connectivity index (χ1n) is 7.05. The van der Waals surface area contributed by atoms with Crippen molar-refractivity contribution in [2.24, 2.45) is 0 Å². The van der Waals surface area contributed by atoms with Crippen molar-refractivity contribution in [3.8, 4) is 11.5 Å². The average Bonchev–Trinajstić information content (AvgIpc) is 2.53. The zero-order valence-corrected chi connectivity index (χ0v) is 13.0. The average molecular weight is 300 g/mol. The highest BCUT2D eigenvalue weighted by Crippen LogP contribution is 2.28. The second-order valence-electron chi connectivity index (χ2n) is 5.17. The van der Waals surface area contributed by atoms with Crippen LogP contribution in [0.25, 0.3) is 0 Å².